The lowest BCUT2D eigenvalue weighted by Gasteiger charge is -2.27. The minimum atomic E-state index is -0.0981. The quantitative estimate of drug-likeness (QED) is 0.805. The van der Waals surface area contributed by atoms with Crippen molar-refractivity contribution in [3.05, 3.63) is 23.8 Å². The first kappa shape index (κ1) is 12.7. The highest BCUT2D eigenvalue weighted by Crippen LogP contribution is 2.22. The monoisotopic (exact) mass is 250 g/mol. The maximum atomic E-state index is 12.0. The van der Waals surface area contributed by atoms with Gasteiger partial charge in [0.1, 0.15) is 11.5 Å². The minimum absolute atomic E-state index is 0.0981. The first-order valence-electron chi connectivity index (χ1n) is 5.95. The molecule has 2 rings (SSSR count). The topological polar surface area (TPSA) is 59.6 Å². The lowest BCUT2D eigenvalue weighted by Crippen LogP contribution is -2.48. The van der Waals surface area contributed by atoms with E-state index in [1.54, 1.807) is 32.4 Å². The van der Waals surface area contributed by atoms with Crippen LogP contribution in [-0.2, 0) is 0 Å². The van der Waals surface area contributed by atoms with Crippen LogP contribution in [0.5, 0.6) is 11.5 Å². The Hall–Kier alpha value is -1.75. The molecule has 1 aromatic carbocycles. The van der Waals surface area contributed by atoms with Crippen LogP contribution in [0.4, 0.5) is 0 Å². The number of benzene rings is 1. The molecule has 2 N–H and O–H groups in total. The van der Waals surface area contributed by atoms with Gasteiger partial charge in [-0.3, -0.25) is 4.79 Å². The highest BCUT2D eigenvalue weighted by molar-refractivity contribution is 5.95. The number of ether oxygens (including phenoxy) is 2. The van der Waals surface area contributed by atoms with Gasteiger partial charge in [0.25, 0.3) is 5.91 Å². The largest absolute Gasteiger partial charge is 0.497 e. The van der Waals surface area contributed by atoms with Crippen molar-refractivity contribution >= 4 is 5.91 Å². The second-order valence-corrected chi connectivity index (χ2v) is 4.34. The Morgan fingerprint density at radius 1 is 1.28 bits per heavy atom. The van der Waals surface area contributed by atoms with Crippen molar-refractivity contribution in [2.24, 2.45) is 5.92 Å². The third-order valence-electron chi connectivity index (χ3n) is 3.03. The van der Waals surface area contributed by atoms with E-state index < -0.39 is 0 Å². The van der Waals surface area contributed by atoms with E-state index in [0.29, 0.717) is 29.5 Å². The van der Waals surface area contributed by atoms with E-state index >= 15 is 0 Å². The van der Waals surface area contributed by atoms with Gasteiger partial charge in [-0.2, -0.15) is 0 Å². The highest BCUT2D eigenvalue weighted by atomic mass is 16.5. The van der Waals surface area contributed by atoms with Gasteiger partial charge in [-0.1, -0.05) is 0 Å². The number of carbonyl (C=O) groups is 1. The maximum absolute atomic E-state index is 12.0. The Labute approximate surface area is 106 Å². The van der Waals surface area contributed by atoms with Gasteiger partial charge in [-0.15, -0.1) is 0 Å². The van der Waals surface area contributed by atoms with E-state index in [0.717, 1.165) is 13.1 Å². The van der Waals surface area contributed by atoms with Gasteiger partial charge in [-0.05, 0) is 12.1 Å². The molecule has 1 heterocycles. The van der Waals surface area contributed by atoms with Crippen LogP contribution in [0, 0.1) is 5.92 Å². The zero-order chi connectivity index (χ0) is 13.0. The van der Waals surface area contributed by atoms with Crippen molar-refractivity contribution in [3.63, 3.8) is 0 Å². The second kappa shape index (κ2) is 5.73. The van der Waals surface area contributed by atoms with Gasteiger partial charge in [-0.25, -0.2) is 0 Å². The summed E-state index contributed by atoms with van der Waals surface area (Å²) in [6.45, 7) is 2.65. The van der Waals surface area contributed by atoms with Crippen molar-refractivity contribution in [2.45, 2.75) is 0 Å². The van der Waals surface area contributed by atoms with Crippen LogP contribution in [0.1, 0.15) is 10.4 Å². The number of hydrogen-bond acceptors (Lipinski definition) is 4. The van der Waals surface area contributed by atoms with Gasteiger partial charge in [0, 0.05) is 37.2 Å². The average molecular weight is 250 g/mol. The zero-order valence-electron chi connectivity index (χ0n) is 10.7. The Morgan fingerprint density at radius 3 is 2.33 bits per heavy atom. The zero-order valence-corrected chi connectivity index (χ0v) is 10.7. The molecule has 1 aromatic rings. The molecular formula is C13H18N2O3. The second-order valence-electron chi connectivity index (χ2n) is 4.34. The summed E-state index contributed by atoms with van der Waals surface area (Å²) in [4.78, 5) is 12.0. The molecule has 0 saturated carbocycles. The molecule has 1 fully saturated rings. The number of hydrogen-bond donors (Lipinski definition) is 2. The van der Waals surface area contributed by atoms with Crippen LogP contribution < -0.4 is 20.1 Å². The molecule has 0 radical (unpaired) electrons. The number of amides is 1. The number of methoxy groups -OCH3 is 2. The summed E-state index contributed by atoms with van der Waals surface area (Å²) < 4.78 is 10.3. The van der Waals surface area contributed by atoms with E-state index in [2.05, 4.69) is 10.6 Å². The predicted molar refractivity (Wildman–Crippen MR) is 68.2 cm³/mol. The summed E-state index contributed by atoms with van der Waals surface area (Å²) >= 11 is 0. The molecule has 5 nitrogen and oxygen atoms in total. The lowest BCUT2D eigenvalue weighted by molar-refractivity contribution is 0.0941. The van der Waals surface area contributed by atoms with Crippen LogP contribution in [0.3, 0.4) is 0 Å². The summed E-state index contributed by atoms with van der Waals surface area (Å²) in [5.74, 6) is 1.68. The molecular weight excluding hydrogens is 232 g/mol. The molecule has 5 heteroatoms. The fourth-order valence-electron chi connectivity index (χ4n) is 1.77. The number of rotatable bonds is 5. The molecule has 0 unspecified atom stereocenters. The fraction of sp³-hybridized carbons (Fsp3) is 0.462. The van der Waals surface area contributed by atoms with Gasteiger partial charge in [0.2, 0.25) is 0 Å². The number of carbonyl (C=O) groups excluding carboxylic acids is 1. The SMILES string of the molecule is COc1cc(OC)cc(C(=O)NCC2CNC2)c1. The normalized spacial score (nSPS) is 14.8. The smallest absolute Gasteiger partial charge is 0.251 e. The Balaban J connectivity index is 2.03. The molecule has 0 aliphatic carbocycles. The van der Waals surface area contributed by atoms with E-state index in [9.17, 15) is 4.79 Å². The van der Waals surface area contributed by atoms with Crippen molar-refractivity contribution in [3.8, 4) is 11.5 Å². The third kappa shape index (κ3) is 2.92. The van der Waals surface area contributed by atoms with Gasteiger partial charge < -0.3 is 20.1 Å². The molecule has 18 heavy (non-hydrogen) atoms. The Morgan fingerprint density at radius 2 is 1.89 bits per heavy atom. The molecule has 1 aliphatic heterocycles. The standard InChI is InChI=1S/C13H18N2O3/c1-17-11-3-10(4-12(5-11)18-2)13(16)15-8-9-6-14-7-9/h3-5,9,14H,6-8H2,1-2H3,(H,15,16). The van der Waals surface area contributed by atoms with E-state index in [1.807, 2.05) is 0 Å². The fourth-order valence-corrected chi connectivity index (χ4v) is 1.77. The number of nitrogens with one attached hydrogen (secondary N) is 2. The summed E-state index contributed by atoms with van der Waals surface area (Å²) in [6.07, 6.45) is 0. The van der Waals surface area contributed by atoms with Crippen molar-refractivity contribution in [1.82, 2.24) is 10.6 Å². The first-order valence-corrected chi connectivity index (χ1v) is 5.95. The van der Waals surface area contributed by atoms with E-state index in [1.165, 1.54) is 0 Å². The molecule has 1 aliphatic rings. The molecule has 0 spiro atoms. The van der Waals surface area contributed by atoms with Crippen molar-refractivity contribution < 1.29 is 14.3 Å². The van der Waals surface area contributed by atoms with Crippen LogP contribution in [0.15, 0.2) is 18.2 Å². The Bertz CT molecular complexity index is 408. The summed E-state index contributed by atoms with van der Waals surface area (Å²) in [5.41, 5.74) is 0.554. The lowest BCUT2D eigenvalue weighted by atomic mass is 10.0. The summed E-state index contributed by atoms with van der Waals surface area (Å²) in [5, 5.41) is 6.08. The van der Waals surface area contributed by atoms with Crippen molar-refractivity contribution in [1.29, 1.82) is 0 Å². The molecule has 0 aromatic heterocycles. The summed E-state index contributed by atoms with van der Waals surface area (Å²) in [6, 6.07) is 5.15. The van der Waals surface area contributed by atoms with Crippen molar-refractivity contribution in [2.75, 3.05) is 33.9 Å². The molecule has 98 valence electrons. The van der Waals surface area contributed by atoms with E-state index in [4.69, 9.17) is 9.47 Å². The maximum Gasteiger partial charge on any atom is 0.251 e. The van der Waals surface area contributed by atoms with Crippen LogP contribution in [-0.4, -0.2) is 39.8 Å². The van der Waals surface area contributed by atoms with E-state index in [-0.39, 0.29) is 5.91 Å². The molecule has 1 amide bonds. The molecule has 0 atom stereocenters. The van der Waals surface area contributed by atoms with Crippen LogP contribution in [0.25, 0.3) is 0 Å². The van der Waals surface area contributed by atoms with Gasteiger partial charge in [0.05, 0.1) is 14.2 Å². The highest BCUT2D eigenvalue weighted by Gasteiger charge is 2.18. The first-order chi connectivity index (χ1) is 8.72. The Kier molecular flexibility index (Phi) is 4.04. The summed E-state index contributed by atoms with van der Waals surface area (Å²) in [7, 11) is 3.13. The minimum Gasteiger partial charge on any atom is -0.497 e. The van der Waals surface area contributed by atoms with Gasteiger partial charge in [0.15, 0.2) is 0 Å². The predicted octanol–water partition coefficient (Wildman–Crippen LogP) is 0.653. The van der Waals surface area contributed by atoms with Gasteiger partial charge >= 0.3 is 0 Å². The average Bonchev–Trinajstić information content (AvgIpc) is 2.36. The molecule has 1 saturated heterocycles. The van der Waals surface area contributed by atoms with Crippen LogP contribution in [0.2, 0.25) is 0 Å². The third-order valence-corrected chi connectivity index (χ3v) is 3.03. The molecule has 0 bridgehead atoms. The van der Waals surface area contributed by atoms with Crippen LogP contribution >= 0.6 is 0 Å².